The Bertz CT molecular complexity index is 481. The zero-order chi connectivity index (χ0) is 12.0. The molecule has 0 saturated carbocycles. The molecule has 1 aromatic rings. The Morgan fingerprint density at radius 3 is 3.00 bits per heavy atom. The monoisotopic (exact) mass is 231 g/mol. The van der Waals surface area contributed by atoms with Crippen molar-refractivity contribution in [1.82, 2.24) is 4.98 Å². The maximum Gasteiger partial charge on any atom is 0.213 e. The second-order valence-electron chi connectivity index (χ2n) is 5.07. The van der Waals surface area contributed by atoms with Crippen LogP contribution in [0.15, 0.2) is 18.2 Å². The lowest BCUT2D eigenvalue weighted by molar-refractivity contribution is 0.143. The van der Waals surface area contributed by atoms with Crippen LogP contribution in [-0.4, -0.2) is 23.3 Å². The number of aromatic nitrogens is 1. The minimum atomic E-state index is -0.311. The molecule has 0 amide bonds. The van der Waals surface area contributed by atoms with Gasteiger partial charge in [-0.05, 0) is 41.9 Å². The van der Waals surface area contributed by atoms with E-state index in [1.807, 2.05) is 12.1 Å². The summed E-state index contributed by atoms with van der Waals surface area (Å²) in [5, 5.41) is 9.93. The van der Waals surface area contributed by atoms with Gasteiger partial charge in [0.25, 0.3) is 0 Å². The first-order valence-corrected chi connectivity index (χ1v) is 6.13. The lowest BCUT2D eigenvalue weighted by atomic mass is 9.81. The van der Waals surface area contributed by atoms with Gasteiger partial charge in [0.2, 0.25) is 5.88 Å². The largest absolute Gasteiger partial charge is 0.481 e. The molecule has 2 aliphatic carbocycles. The van der Waals surface area contributed by atoms with Gasteiger partial charge in [-0.15, -0.1) is 0 Å². The number of pyridine rings is 1. The molecule has 0 bridgehead atoms. The topological polar surface area (TPSA) is 42.4 Å². The highest BCUT2D eigenvalue weighted by molar-refractivity contribution is 5.74. The number of rotatable bonds is 1. The van der Waals surface area contributed by atoms with Gasteiger partial charge in [0, 0.05) is 6.07 Å². The molecule has 3 rings (SSSR count). The van der Waals surface area contributed by atoms with Gasteiger partial charge in [0.15, 0.2) is 0 Å². The average Bonchev–Trinajstić information content (AvgIpc) is 2.66. The summed E-state index contributed by atoms with van der Waals surface area (Å²) in [7, 11) is 1.64. The standard InChI is InChI=1S/C14H17NO2/c1-8-5-9-6-12-10(11(9)7-13(8)16)3-4-14(15-12)17-2/h3-4,7-9,13,16H,5-6H2,1-2H3/t8-,9+,13+/m1/s1. The van der Waals surface area contributed by atoms with E-state index < -0.39 is 0 Å². The van der Waals surface area contributed by atoms with E-state index in [0.717, 1.165) is 18.5 Å². The first-order chi connectivity index (χ1) is 8.19. The minimum Gasteiger partial charge on any atom is -0.481 e. The molecule has 1 N–H and O–H groups in total. The molecule has 17 heavy (non-hydrogen) atoms. The molecule has 0 saturated heterocycles. The molecule has 0 radical (unpaired) electrons. The van der Waals surface area contributed by atoms with Crippen LogP contribution >= 0.6 is 0 Å². The molecule has 0 aliphatic heterocycles. The third kappa shape index (κ3) is 1.65. The summed E-state index contributed by atoms with van der Waals surface area (Å²) in [5.41, 5.74) is 3.59. The Morgan fingerprint density at radius 2 is 2.24 bits per heavy atom. The van der Waals surface area contributed by atoms with Crippen LogP contribution in [0.1, 0.15) is 24.6 Å². The zero-order valence-electron chi connectivity index (χ0n) is 10.2. The molecule has 1 aromatic heterocycles. The zero-order valence-corrected chi connectivity index (χ0v) is 10.2. The third-order valence-electron chi connectivity index (χ3n) is 3.94. The Balaban J connectivity index is 2.02. The molecule has 2 aliphatic rings. The van der Waals surface area contributed by atoms with Crippen LogP contribution in [0.3, 0.4) is 0 Å². The van der Waals surface area contributed by atoms with E-state index in [4.69, 9.17) is 4.74 Å². The average molecular weight is 231 g/mol. The van der Waals surface area contributed by atoms with Crippen LogP contribution in [0.5, 0.6) is 5.88 Å². The fraction of sp³-hybridized carbons (Fsp3) is 0.500. The molecule has 0 unspecified atom stereocenters. The maximum atomic E-state index is 9.93. The quantitative estimate of drug-likeness (QED) is 0.804. The summed E-state index contributed by atoms with van der Waals surface area (Å²) in [5.74, 6) is 1.56. The van der Waals surface area contributed by atoms with Crippen molar-refractivity contribution in [2.24, 2.45) is 11.8 Å². The van der Waals surface area contributed by atoms with Gasteiger partial charge in [-0.2, -0.15) is 0 Å². The van der Waals surface area contributed by atoms with E-state index in [0.29, 0.717) is 17.7 Å². The number of hydrogen-bond donors (Lipinski definition) is 1. The SMILES string of the molecule is COc1ccc2c(n1)C[C@@H]1C[C@@H](C)[C@@H](O)C=C21. The van der Waals surface area contributed by atoms with Crippen LogP contribution in [0.2, 0.25) is 0 Å². The van der Waals surface area contributed by atoms with Gasteiger partial charge in [-0.3, -0.25) is 0 Å². The molecule has 3 nitrogen and oxygen atoms in total. The van der Waals surface area contributed by atoms with Crippen molar-refractivity contribution in [3.8, 4) is 5.88 Å². The van der Waals surface area contributed by atoms with E-state index in [1.165, 1.54) is 11.1 Å². The molecule has 0 fully saturated rings. The fourth-order valence-corrected chi connectivity index (χ4v) is 2.95. The Kier molecular flexibility index (Phi) is 2.44. The Morgan fingerprint density at radius 1 is 1.41 bits per heavy atom. The number of ether oxygens (including phenoxy) is 1. The molecule has 90 valence electrons. The lowest BCUT2D eigenvalue weighted by Gasteiger charge is -2.27. The van der Waals surface area contributed by atoms with Crippen molar-refractivity contribution in [3.05, 3.63) is 29.5 Å². The molecule has 0 spiro atoms. The molecular weight excluding hydrogens is 214 g/mol. The van der Waals surface area contributed by atoms with E-state index in [9.17, 15) is 5.11 Å². The van der Waals surface area contributed by atoms with Gasteiger partial charge < -0.3 is 9.84 Å². The van der Waals surface area contributed by atoms with Gasteiger partial charge in [-0.25, -0.2) is 4.98 Å². The first-order valence-electron chi connectivity index (χ1n) is 6.13. The molecular formula is C14H17NO2. The highest BCUT2D eigenvalue weighted by atomic mass is 16.5. The summed E-state index contributed by atoms with van der Waals surface area (Å²) in [6.07, 6.45) is 3.73. The summed E-state index contributed by atoms with van der Waals surface area (Å²) < 4.78 is 5.16. The smallest absolute Gasteiger partial charge is 0.213 e. The van der Waals surface area contributed by atoms with E-state index in [1.54, 1.807) is 7.11 Å². The highest BCUT2D eigenvalue weighted by Crippen LogP contribution is 2.44. The van der Waals surface area contributed by atoms with Crippen molar-refractivity contribution >= 4 is 5.57 Å². The number of allylic oxidation sites excluding steroid dienone is 1. The molecule has 3 atom stereocenters. The van der Waals surface area contributed by atoms with Crippen LogP contribution in [0, 0.1) is 11.8 Å². The lowest BCUT2D eigenvalue weighted by Crippen LogP contribution is -2.23. The van der Waals surface area contributed by atoms with Crippen molar-refractivity contribution in [2.45, 2.75) is 25.9 Å². The van der Waals surface area contributed by atoms with Crippen molar-refractivity contribution in [1.29, 1.82) is 0 Å². The van der Waals surface area contributed by atoms with Gasteiger partial charge >= 0.3 is 0 Å². The predicted molar refractivity (Wildman–Crippen MR) is 65.7 cm³/mol. The fourth-order valence-electron chi connectivity index (χ4n) is 2.95. The summed E-state index contributed by atoms with van der Waals surface area (Å²) in [6.45, 7) is 2.11. The van der Waals surface area contributed by atoms with Gasteiger partial charge in [0.05, 0.1) is 18.9 Å². The summed E-state index contributed by atoms with van der Waals surface area (Å²) in [4.78, 5) is 4.50. The third-order valence-corrected chi connectivity index (χ3v) is 3.94. The second kappa shape index (κ2) is 3.84. The number of hydrogen-bond acceptors (Lipinski definition) is 3. The van der Waals surface area contributed by atoms with E-state index in [2.05, 4.69) is 18.0 Å². The van der Waals surface area contributed by atoms with Crippen molar-refractivity contribution < 1.29 is 9.84 Å². The van der Waals surface area contributed by atoms with E-state index in [-0.39, 0.29) is 6.10 Å². The number of aliphatic hydroxyl groups excluding tert-OH is 1. The Labute approximate surface area is 101 Å². The molecule has 1 heterocycles. The number of nitrogens with zero attached hydrogens (tertiary/aromatic N) is 1. The maximum absolute atomic E-state index is 9.93. The van der Waals surface area contributed by atoms with Crippen LogP contribution < -0.4 is 4.74 Å². The van der Waals surface area contributed by atoms with Crippen LogP contribution in [0.4, 0.5) is 0 Å². The Hall–Kier alpha value is -1.35. The summed E-state index contributed by atoms with van der Waals surface area (Å²) >= 11 is 0. The van der Waals surface area contributed by atoms with Gasteiger partial charge in [-0.1, -0.05) is 13.0 Å². The molecule has 3 heteroatoms. The van der Waals surface area contributed by atoms with Crippen molar-refractivity contribution in [2.75, 3.05) is 7.11 Å². The number of fused-ring (bicyclic) bond motifs is 3. The van der Waals surface area contributed by atoms with E-state index >= 15 is 0 Å². The van der Waals surface area contributed by atoms with Crippen molar-refractivity contribution in [3.63, 3.8) is 0 Å². The normalized spacial score (nSPS) is 30.5. The van der Waals surface area contributed by atoms with Crippen LogP contribution in [-0.2, 0) is 6.42 Å². The van der Waals surface area contributed by atoms with Gasteiger partial charge in [0.1, 0.15) is 0 Å². The summed E-state index contributed by atoms with van der Waals surface area (Å²) in [6, 6.07) is 3.96. The molecule has 0 aromatic carbocycles. The minimum absolute atomic E-state index is 0.311. The number of methoxy groups -OCH3 is 1. The second-order valence-corrected chi connectivity index (χ2v) is 5.07. The first kappa shape index (κ1) is 10.8. The van der Waals surface area contributed by atoms with Crippen LogP contribution in [0.25, 0.3) is 5.57 Å². The number of aliphatic hydroxyl groups is 1. The highest BCUT2D eigenvalue weighted by Gasteiger charge is 2.34. The predicted octanol–water partition coefficient (Wildman–Crippen LogP) is 2.05.